The number of aliphatic hydroxyl groups is 1. The lowest BCUT2D eigenvalue weighted by Gasteiger charge is -2.41. The summed E-state index contributed by atoms with van der Waals surface area (Å²) in [5.74, 6) is 0.383. The zero-order valence-electron chi connectivity index (χ0n) is 11.2. The zero-order chi connectivity index (χ0) is 12.2. The van der Waals surface area contributed by atoms with Crippen molar-refractivity contribution in [3.8, 4) is 0 Å². The first-order valence-electron chi connectivity index (χ1n) is 6.42. The molecule has 96 valence electrons. The van der Waals surface area contributed by atoms with Crippen molar-refractivity contribution in [2.75, 3.05) is 20.2 Å². The van der Waals surface area contributed by atoms with E-state index in [-0.39, 0.29) is 5.60 Å². The molecule has 0 radical (unpaired) electrons. The lowest BCUT2D eigenvalue weighted by molar-refractivity contribution is -0.0720. The maximum atomic E-state index is 10.7. The Morgan fingerprint density at radius 2 is 2.19 bits per heavy atom. The maximum absolute atomic E-state index is 10.7. The SMILES string of the molecule is CCC1CNCCC1(O)CCC(C)(C)OC. The predicted octanol–water partition coefficient (Wildman–Crippen LogP) is 1.94. The van der Waals surface area contributed by atoms with Gasteiger partial charge in [-0.3, -0.25) is 0 Å². The van der Waals surface area contributed by atoms with Crippen molar-refractivity contribution in [3.05, 3.63) is 0 Å². The minimum absolute atomic E-state index is 0.126. The van der Waals surface area contributed by atoms with E-state index in [1.165, 1.54) is 0 Å². The molecule has 3 heteroatoms. The summed E-state index contributed by atoms with van der Waals surface area (Å²) in [6.07, 6.45) is 3.66. The van der Waals surface area contributed by atoms with Gasteiger partial charge in [-0.25, -0.2) is 0 Å². The van der Waals surface area contributed by atoms with Crippen molar-refractivity contribution < 1.29 is 9.84 Å². The Morgan fingerprint density at radius 1 is 1.50 bits per heavy atom. The average molecular weight is 229 g/mol. The molecule has 1 saturated heterocycles. The molecule has 1 fully saturated rings. The van der Waals surface area contributed by atoms with Crippen LogP contribution in [0.2, 0.25) is 0 Å². The van der Waals surface area contributed by atoms with Crippen molar-refractivity contribution in [3.63, 3.8) is 0 Å². The van der Waals surface area contributed by atoms with Crippen LogP contribution in [0.3, 0.4) is 0 Å². The molecular weight excluding hydrogens is 202 g/mol. The molecule has 1 aliphatic heterocycles. The van der Waals surface area contributed by atoms with Crippen LogP contribution in [0, 0.1) is 5.92 Å². The summed E-state index contributed by atoms with van der Waals surface area (Å²) in [4.78, 5) is 0. The van der Waals surface area contributed by atoms with Crippen molar-refractivity contribution in [1.82, 2.24) is 5.32 Å². The van der Waals surface area contributed by atoms with E-state index in [9.17, 15) is 5.11 Å². The molecule has 0 saturated carbocycles. The van der Waals surface area contributed by atoms with E-state index in [1.807, 2.05) is 0 Å². The molecule has 3 nitrogen and oxygen atoms in total. The fraction of sp³-hybridized carbons (Fsp3) is 1.00. The van der Waals surface area contributed by atoms with E-state index in [1.54, 1.807) is 7.11 Å². The topological polar surface area (TPSA) is 41.5 Å². The molecule has 0 aliphatic carbocycles. The summed E-state index contributed by atoms with van der Waals surface area (Å²) in [5, 5.41) is 14.1. The van der Waals surface area contributed by atoms with Gasteiger partial charge in [0.2, 0.25) is 0 Å². The molecule has 1 heterocycles. The summed E-state index contributed by atoms with van der Waals surface area (Å²) >= 11 is 0. The molecule has 2 unspecified atom stereocenters. The highest BCUT2D eigenvalue weighted by molar-refractivity contribution is 4.92. The number of ether oxygens (including phenoxy) is 1. The van der Waals surface area contributed by atoms with E-state index in [4.69, 9.17) is 4.74 Å². The largest absolute Gasteiger partial charge is 0.390 e. The second-order valence-corrected chi connectivity index (χ2v) is 5.63. The Labute approximate surface area is 99.6 Å². The van der Waals surface area contributed by atoms with Crippen LogP contribution >= 0.6 is 0 Å². The van der Waals surface area contributed by atoms with Gasteiger partial charge in [0.15, 0.2) is 0 Å². The monoisotopic (exact) mass is 229 g/mol. The van der Waals surface area contributed by atoms with Gasteiger partial charge in [-0.15, -0.1) is 0 Å². The molecule has 16 heavy (non-hydrogen) atoms. The molecule has 0 spiro atoms. The molecule has 2 N–H and O–H groups in total. The summed E-state index contributed by atoms with van der Waals surface area (Å²) in [6, 6.07) is 0. The molecule has 2 atom stereocenters. The molecule has 0 amide bonds. The summed E-state index contributed by atoms with van der Waals surface area (Å²) < 4.78 is 5.42. The van der Waals surface area contributed by atoms with Crippen LogP contribution in [-0.4, -0.2) is 36.5 Å². The van der Waals surface area contributed by atoms with Gasteiger partial charge in [-0.05, 0) is 52.0 Å². The highest BCUT2D eigenvalue weighted by atomic mass is 16.5. The maximum Gasteiger partial charge on any atom is 0.0701 e. The van der Waals surface area contributed by atoms with Gasteiger partial charge in [-0.1, -0.05) is 6.92 Å². The van der Waals surface area contributed by atoms with Crippen molar-refractivity contribution >= 4 is 0 Å². The summed E-state index contributed by atoms with van der Waals surface area (Å²) in [7, 11) is 1.74. The van der Waals surface area contributed by atoms with Gasteiger partial charge >= 0.3 is 0 Å². The van der Waals surface area contributed by atoms with Crippen LogP contribution in [0.4, 0.5) is 0 Å². The minimum atomic E-state index is -0.490. The number of rotatable bonds is 5. The second-order valence-electron chi connectivity index (χ2n) is 5.63. The van der Waals surface area contributed by atoms with Gasteiger partial charge in [0.25, 0.3) is 0 Å². The average Bonchev–Trinajstić information content (AvgIpc) is 2.27. The first kappa shape index (κ1) is 13.9. The highest BCUT2D eigenvalue weighted by Gasteiger charge is 2.38. The van der Waals surface area contributed by atoms with Crippen LogP contribution in [0.1, 0.15) is 46.5 Å². The lowest BCUT2D eigenvalue weighted by atomic mass is 9.75. The smallest absolute Gasteiger partial charge is 0.0701 e. The Kier molecular flexibility index (Phi) is 4.77. The van der Waals surface area contributed by atoms with Gasteiger partial charge in [0, 0.05) is 13.7 Å². The van der Waals surface area contributed by atoms with E-state index < -0.39 is 5.60 Å². The molecule has 0 bridgehead atoms. The number of hydrogen-bond donors (Lipinski definition) is 2. The second kappa shape index (κ2) is 5.48. The molecule has 0 aromatic carbocycles. The van der Waals surface area contributed by atoms with E-state index in [2.05, 4.69) is 26.1 Å². The third-order valence-electron chi connectivity index (χ3n) is 4.09. The summed E-state index contributed by atoms with van der Waals surface area (Å²) in [6.45, 7) is 8.20. The fourth-order valence-electron chi connectivity index (χ4n) is 2.45. The van der Waals surface area contributed by atoms with E-state index in [0.29, 0.717) is 5.92 Å². The van der Waals surface area contributed by atoms with Gasteiger partial charge in [0.1, 0.15) is 0 Å². The lowest BCUT2D eigenvalue weighted by Crippen LogP contribution is -2.50. The Bertz CT molecular complexity index is 218. The Hall–Kier alpha value is -0.120. The fourth-order valence-corrected chi connectivity index (χ4v) is 2.45. The standard InChI is InChI=1S/C13H27NO2/c1-5-11-10-14-9-8-13(11,15)7-6-12(2,3)16-4/h11,14-15H,5-10H2,1-4H3. The number of piperidine rings is 1. The molecule has 0 aromatic rings. The third-order valence-corrected chi connectivity index (χ3v) is 4.09. The number of methoxy groups -OCH3 is 1. The quantitative estimate of drug-likeness (QED) is 0.757. The predicted molar refractivity (Wildman–Crippen MR) is 66.5 cm³/mol. The minimum Gasteiger partial charge on any atom is -0.390 e. The Morgan fingerprint density at radius 3 is 2.75 bits per heavy atom. The molecular formula is C13H27NO2. The van der Waals surface area contributed by atoms with E-state index in [0.717, 1.165) is 38.8 Å². The molecule has 0 aromatic heterocycles. The van der Waals surface area contributed by atoms with Crippen molar-refractivity contribution in [2.24, 2.45) is 5.92 Å². The Balaban J connectivity index is 2.54. The zero-order valence-corrected chi connectivity index (χ0v) is 11.2. The molecule has 1 rings (SSSR count). The van der Waals surface area contributed by atoms with Crippen LogP contribution < -0.4 is 5.32 Å². The van der Waals surface area contributed by atoms with Gasteiger partial charge in [-0.2, -0.15) is 0 Å². The highest BCUT2D eigenvalue weighted by Crippen LogP contribution is 2.33. The van der Waals surface area contributed by atoms with Gasteiger partial charge in [0.05, 0.1) is 11.2 Å². The number of nitrogens with one attached hydrogen (secondary N) is 1. The normalized spacial score (nSPS) is 31.7. The van der Waals surface area contributed by atoms with Gasteiger partial charge < -0.3 is 15.2 Å². The van der Waals surface area contributed by atoms with Crippen LogP contribution in [0.5, 0.6) is 0 Å². The third kappa shape index (κ3) is 3.44. The van der Waals surface area contributed by atoms with Crippen LogP contribution in [0.15, 0.2) is 0 Å². The van der Waals surface area contributed by atoms with Crippen molar-refractivity contribution in [1.29, 1.82) is 0 Å². The van der Waals surface area contributed by atoms with Crippen LogP contribution in [0.25, 0.3) is 0 Å². The molecule has 1 aliphatic rings. The first-order valence-corrected chi connectivity index (χ1v) is 6.42. The van der Waals surface area contributed by atoms with Crippen molar-refractivity contribution in [2.45, 2.75) is 57.7 Å². The number of hydrogen-bond acceptors (Lipinski definition) is 3. The first-order chi connectivity index (χ1) is 7.43. The van der Waals surface area contributed by atoms with E-state index >= 15 is 0 Å². The summed E-state index contributed by atoms with van der Waals surface area (Å²) in [5.41, 5.74) is -0.616. The van der Waals surface area contributed by atoms with Crippen LogP contribution in [-0.2, 0) is 4.74 Å².